The number of nitrogens with zero attached hydrogens (tertiary/aromatic N) is 3. The van der Waals surface area contributed by atoms with Crippen LogP contribution in [0.15, 0.2) is 28.6 Å². The fourth-order valence-electron chi connectivity index (χ4n) is 1.82. The molecular formula is C16H17FN4OS3. The third-order valence-corrected chi connectivity index (χ3v) is 6.08. The van der Waals surface area contributed by atoms with Crippen LogP contribution >= 0.6 is 35.3 Å². The number of carbonyl (C=O) groups is 1. The second-order valence-electron chi connectivity index (χ2n) is 5.83. The maximum Gasteiger partial charge on any atom is 0.231 e. The molecular weight excluding hydrogens is 379 g/mol. The largest absolute Gasteiger partial charge is 0.337 e. The number of nitriles is 1. The average Bonchev–Trinajstić information content (AvgIpc) is 2.94. The quantitative estimate of drug-likeness (QED) is 0.591. The van der Waals surface area contributed by atoms with Crippen LogP contribution < -0.4 is 5.32 Å². The van der Waals surface area contributed by atoms with Crippen LogP contribution in [0.3, 0.4) is 0 Å². The van der Waals surface area contributed by atoms with Crippen LogP contribution in [0.2, 0.25) is 0 Å². The molecule has 1 aromatic carbocycles. The predicted octanol–water partition coefficient (Wildman–Crippen LogP) is 3.95. The van der Waals surface area contributed by atoms with Crippen molar-refractivity contribution >= 4 is 41.2 Å². The lowest BCUT2D eigenvalue weighted by Crippen LogP contribution is -2.49. The monoisotopic (exact) mass is 396 g/mol. The van der Waals surface area contributed by atoms with E-state index in [-0.39, 0.29) is 23.4 Å². The van der Waals surface area contributed by atoms with E-state index in [0.717, 1.165) is 0 Å². The van der Waals surface area contributed by atoms with Crippen LogP contribution in [0, 0.1) is 27.0 Å². The van der Waals surface area contributed by atoms with E-state index in [4.69, 9.17) is 12.2 Å². The van der Waals surface area contributed by atoms with Gasteiger partial charge in [0.25, 0.3) is 0 Å². The molecule has 1 amide bonds. The second-order valence-corrected chi connectivity index (χ2v) is 8.67. The molecule has 2 rings (SSSR count). The minimum atomic E-state index is -0.905. The van der Waals surface area contributed by atoms with Gasteiger partial charge in [-0.3, -0.25) is 4.79 Å². The third-order valence-electron chi connectivity index (χ3n) is 3.71. The maximum atomic E-state index is 13.0. The first kappa shape index (κ1) is 19.6. The van der Waals surface area contributed by atoms with Gasteiger partial charge in [0, 0.05) is 0 Å². The molecule has 0 unspecified atom stereocenters. The molecule has 25 heavy (non-hydrogen) atoms. The van der Waals surface area contributed by atoms with E-state index in [1.54, 1.807) is 19.1 Å². The van der Waals surface area contributed by atoms with Crippen LogP contribution in [0.1, 0.15) is 20.8 Å². The van der Waals surface area contributed by atoms with Crippen molar-refractivity contribution in [3.05, 3.63) is 34.0 Å². The van der Waals surface area contributed by atoms with E-state index in [1.165, 1.54) is 39.9 Å². The zero-order valence-corrected chi connectivity index (χ0v) is 16.4. The second kappa shape index (κ2) is 8.08. The van der Waals surface area contributed by atoms with Gasteiger partial charge in [0.15, 0.2) is 8.29 Å². The Bertz CT molecular complexity index is 854. The van der Waals surface area contributed by atoms with Crippen molar-refractivity contribution in [1.82, 2.24) is 15.1 Å². The number of hydrogen-bond donors (Lipinski definition) is 1. The van der Waals surface area contributed by atoms with Crippen molar-refractivity contribution in [3.63, 3.8) is 0 Å². The third kappa shape index (κ3) is 4.87. The number of aromatic nitrogens is 2. The number of halogens is 1. The molecule has 0 bridgehead atoms. The molecule has 1 N–H and O–H groups in total. The molecule has 0 saturated carbocycles. The van der Waals surface area contributed by atoms with Gasteiger partial charge in [0.05, 0.1) is 17.5 Å². The summed E-state index contributed by atoms with van der Waals surface area (Å²) in [5, 5.41) is 16.4. The van der Waals surface area contributed by atoms with Crippen molar-refractivity contribution in [1.29, 1.82) is 5.26 Å². The summed E-state index contributed by atoms with van der Waals surface area (Å²) < 4.78 is 15.7. The van der Waals surface area contributed by atoms with E-state index in [2.05, 4.69) is 16.5 Å². The first-order valence-electron chi connectivity index (χ1n) is 7.46. The summed E-state index contributed by atoms with van der Waals surface area (Å²) in [6.45, 7) is 5.46. The van der Waals surface area contributed by atoms with Gasteiger partial charge in [-0.25, -0.2) is 9.07 Å². The highest BCUT2D eigenvalue weighted by Crippen LogP contribution is 2.24. The van der Waals surface area contributed by atoms with Crippen LogP contribution in [0.25, 0.3) is 5.69 Å². The van der Waals surface area contributed by atoms with Gasteiger partial charge in [-0.05, 0) is 49.3 Å². The summed E-state index contributed by atoms with van der Waals surface area (Å²) in [5.74, 6) is -0.443. The number of benzene rings is 1. The predicted molar refractivity (Wildman–Crippen MR) is 100.0 cm³/mol. The van der Waals surface area contributed by atoms with E-state index in [1.807, 2.05) is 13.8 Å². The number of thioether (sulfide) groups is 1. The Morgan fingerprint density at radius 2 is 2.16 bits per heavy atom. The summed E-state index contributed by atoms with van der Waals surface area (Å²) in [6.07, 6.45) is 0. The number of carbonyl (C=O) groups excluding carboxylic acids is 1. The normalized spacial score (nSPS) is 13.3. The van der Waals surface area contributed by atoms with Crippen molar-refractivity contribution in [2.24, 2.45) is 5.92 Å². The molecule has 0 spiro atoms. The molecule has 2 aromatic rings. The number of rotatable bonds is 6. The van der Waals surface area contributed by atoms with E-state index in [9.17, 15) is 14.4 Å². The van der Waals surface area contributed by atoms with Crippen molar-refractivity contribution < 1.29 is 9.18 Å². The van der Waals surface area contributed by atoms with E-state index in [0.29, 0.717) is 14.0 Å². The Kier molecular flexibility index (Phi) is 6.32. The van der Waals surface area contributed by atoms with Crippen LogP contribution in [0.4, 0.5) is 4.39 Å². The zero-order chi connectivity index (χ0) is 18.6. The molecule has 1 atom stereocenters. The molecule has 0 aliphatic rings. The highest BCUT2D eigenvalue weighted by atomic mass is 32.2. The summed E-state index contributed by atoms with van der Waals surface area (Å²) in [5.41, 5.74) is -0.242. The molecule has 0 radical (unpaired) electrons. The lowest BCUT2D eigenvalue weighted by Gasteiger charge is -2.27. The van der Waals surface area contributed by atoms with Crippen LogP contribution in [-0.2, 0) is 4.79 Å². The number of nitrogens with one attached hydrogen (secondary N) is 1. The number of amides is 1. The van der Waals surface area contributed by atoms with Gasteiger partial charge in [-0.15, -0.1) is 5.10 Å². The zero-order valence-electron chi connectivity index (χ0n) is 13.9. The standard InChI is InChI=1S/C16H17FN4OS3/c1-10(2)16(3,9-18)19-13(22)8-24-14-20-21(15(23)25-14)12-6-4-11(17)5-7-12/h4-7,10H,8H2,1-3H3,(H,19,22)/t16-/m0/s1. The highest BCUT2D eigenvalue weighted by molar-refractivity contribution is 8.01. The topological polar surface area (TPSA) is 70.7 Å². The van der Waals surface area contributed by atoms with Crippen molar-refractivity contribution in [3.8, 4) is 11.8 Å². The van der Waals surface area contributed by atoms with Crippen LogP contribution in [-0.4, -0.2) is 27.0 Å². The summed E-state index contributed by atoms with van der Waals surface area (Å²) in [7, 11) is 0. The molecule has 132 valence electrons. The van der Waals surface area contributed by atoms with Gasteiger partial charge >= 0.3 is 0 Å². The molecule has 1 heterocycles. The highest BCUT2D eigenvalue weighted by Gasteiger charge is 2.29. The maximum absolute atomic E-state index is 13.0. The molecule has 0 aliphatic heterocycles. The van der Waals surface area contributed by atoms with Gasteiger partial charge < -0.3 is 5.32 Å². The van der Waals surface area contributed by atoms with Gasteiger partial charge in [0.2, 0.25) is 5.91 Å². The summed E-state index contributed by atoms with van der Waals surface area (Å²) >= 11 is 7.80. The van der Waals surface area contributed by atoms with Crippen molar-refractivity contribution in [2.75, 3.05) is 5.75 Å². The molecule has 1 aromatic heterocycles. The fraction of sp³-hybridized carbons (Fsp3) is 0.375. The van der Waals surface area contributed by atoms with Crippen molar-refractivity contribution in [2.45, 2.75) is 30.6 Å². The SMILES string of the molecule is CC(C)[C@](C)(C#N)NC(=O)CSc1nn(-c2ccc(F)cc2)c(=S)s1. The molecule has 9 heteroatoms. The van der Waals surface area contributed by atoms with Gasteiger partial charge in [-0.1, -0.05) is 36.9 Å². The Morgan fingerprint density at radius 1 is 1.52 bits per heavy atom. The Balaban J connectivity index is 2.04. The van der Waals surface area contributed by atoms with E-state index >= 15 is 0 Å². The summed E-state index contributed by atoms with van der Waals surface area (Å²) in [4.78, 5) is 12.1. The Hall–Kier alpha value is -1.76. The van der Waals surface area contributed by atoms with E-state index < -0.39 is 5.54 Å². The molecule has 0 fully saturated rings. The Labute approximate surface area is 158 Å². The smallest absolute Gasteiger partial charge is 0.231 e. The molecule has 5 nitrogen and oxygen atoms in total. The van der Waals surface area contributed by atoms with Gasteiger partial charge in [-0.2, -0.15) is 5.26 Å². The average molecular weight is 397 g/mol. The first-order chi connectivity index (χ1) is 11.7. The number of hydrogen-bond acceptors (Lipinski definition) is 6. The fourth-order valence-corrected chi connectivity index (χ4v) is 3.98. The first-order valence-corrected chi connectivity index (χ1v) is 9.67. The lowest BCUT2D eigenvalue weighted by molar-refractivity contribution is -0.120. The molecule has 0 saturated heterocycles. The Morgan fingerprint density at radius 3 is 2.72 bits per heavy atom. The minimum absolute atomic E-state index is 0.00816. The van der Waals surface area contributed by atoms with Gasteiger partial charge in [0.1, 0.15) is 11.4 Å². The summed E-state index contributed by atoms with van der Waals surface area (Å²) in [6, 6.07) is 8.00. The molecule has 0 aliphatic carbocycles. The van der Waals surface area contributed by atoms with Crippen LogP contribution in [0.5, 0.6) is 0 Å². The lowest BCUT2D eigenvalue weighted by atomic mass is 9.90. The minimum Gasteiger partial charge on any atom is -0.337 e.